The van der Waals surface area contributed by atoms with Crippen LogP contribution in [0.2, 0.25) is 0 Å². The summed E-state index contributed by atoms with van der Waals surface area (Å²) in [5.74, 6) is 0.982. The first-order chi connectivity index (χ1) is 17.3. The average Bonchev–Trinajstić information content (AvgIpc) is 3.49. The van der Waals surface area contributed by atoms with Gasteiger partial charge in [0.1, 0.15) is 0 Å². The van der Waals surface area contributed by atoms with Crippen LogP contribution >= 0.6 is 0 Å². The molecular weight excluding hydrogens is 504 g/mol. The first-order valence-electron chi connectivity index (χ1n) is 12.2. The maximum absolute atomic E-state index is 5.90. The Kier molecular flexibility index (Phi) is 6.09. The van der Waals surface area contributed by atoms with E-state index in [0.29, 0.717) is 3.63 Å². The molecule has 0 spiro atoms. The van der Waals surface area contributed by atoms with Crippen LogP contribution in [0.3, 0.4) is 0 Å². The van der Waals surface area contributed by atoms with Crippen LogP contribution in [-0.4, -0.2) is 10.3 Å². The van der Waals surface area contributed by atoms with E-state index in [4.69, 9.17) is 4.74 Å². The first-order valence-corrected chi connectivity index (χ1v) is 16.1. The number of allylic oxidation sites excluding steroid dienone is 4. The molecule has 0 N–H and O–H groups in total. The number of methoxy groups -OCH3 is 1. The SMILES string of the molecule is COc1cccc2c1-c1ccccc1[CH]2[Zr]([C]1=CC(C)=CC1)=[C](c1ccccc1)c1ccccc1. The summed E-state index contributed by atoms with van der Waals surface area (Å²) in [4.78, 5) is 0. The van der Waals surface area contributed by atoms with Crippen LogP contribution in [0.15, 0.2) is 124 Å². The maximum atomic E-state index is 5.90. The van der Waals surface area contributed by atoms with Crippen molar-refractivity contribution in [2.45, 2.75) is 17.0 Å². The Morgan fingerprint density at radius 2 is 1.37 bits per heavy atom. The second-order valence-corrected chi connectivity index (χ2v) is 15.5. The van der Waals surface area contributed by atoms with Crippen molar-refractivity contribution < 1.29 is 26.0 Å². The van der Waals surface area contributed by atoms with Crippen LogP contribution in [0.25, 0.3) is 11.1 Å². The fraction of sp³-hybridized carbons (Fsp3) is 0.121. The Morgan fingerprint density at radius 1 is 0.743 bits per heavy atom. The number of ether oxygens (including phenoxy) is 1. The van der Waals surface area contributed by atoms with Gasteiger partial charge in [-0.05, 0) is 0 Å². The minimum absolute atomic E-state index is 0.402. The normalized spacial score (nSPS) is 15.7. The molecule has 0 saturated heterocycles. The van der Waals surface area contributed by atoms with Crippen molar-refractivity contribution >= 4 is 3.21 Å². The van der Waals surface area contributed by atoms with Gasteiger partial charge >= 0.3 is 217 Å². The van der Waals surface area contributed by atoms with Gasteiger partial charge in [0.15, 0.2) is 0 Å². The molecule has 0 amide bonds. The fourth-order valence-electron chi connectivity index (χ4n) is 5.73. The molecule has 6 rings (SSSR count). The van der Waals surface area contributed by atoms with E-state index in [-0.39, 0.29) is 0 Å². The predicted molar refractivity (Wildman–Crippen MR) is 143 cm³/mol. The van der Waals surface area contributed by atoms with Crippen molar-refractivity contribution in [3.8, 4) is 16.9 Å². The van der Waals surface area contributed by atoms with Gasteiger partial charge in [0.25, 0.3) is 0 Å². The van der Waals surface area contributed by atoms with E-state index < -0.39 is 21.3 Å². The molecule has 1 unspecified atom stereocenters. The van der Waals surface area contributed by atoms with Crippen LogP contribution in [0, 0.1) is 0 Å². The van der Waals surface area contributed by atoms with Crippen LogP contribution in [0.4, 0.5) is 0 Å². The molecule has 4 aromatic rings. The van der Waals surface area contributed by atoms with Gasteiger partial charge in [0.2, 0.25) is 0 Å². The van der Waals surface area contributed by atoms with Gasteiger partial charge in [-0.15, -0.1) is 0 Å². The third-order valence-electron chi connectivity index (χ3n) is 7.21. The molecule has 0 aliphatic heterocycles. The summed E-state index contributed by atoms with van der Waals surface area (Å²) in [5.41, 5.74) is 9.67. The van der Waals surface area contributed by atoms with Gasteiger partial charge in [-0.1, -0.05) is 0 Å². The molecule has 0 saturated carbocycles. The summed E-state index contributed by atoms with van der Waals surface area (Å²) < 4.78 is 9.56. The summed E-state index contributed by atoms with van der Waals surface area (Å²) in [5, 5.41) is 0. The summed E-state index contributed by atoms with van der Waals surface area (Å²) in [6, 6.07) is 37.9. The molecule has 0 bridgehead atoms. The van der Waals surface area contributed by atoms with E-state index in [0.717, 1.165) is 12.2 Å². The van der Waals surface area contributed by atoms with E-state index in [1.807, 2.05) is 0 Å². The summed E-state index contributed by atoms with van der Waals surface area (Å²) in [6.45, 7) is 2.25. The fourth-order valence-corrected chi connectivity index (χ4v) is 15.0. The molecule has 0 radical (unpaired) electrons. The van der Waals surface area contributed by atoms with Crippen LogP contribution < -0.4 is 4.74 Å². The van der Waals surface area contributed by atoms with E-state index in [1.165, 1.54) is 39.0 Å². The van der Waals surface area contributed by atoms with Gasteiger partial charge in [0.05, 0.1) is 0 Å². The molecule has 2 aliphatic rings. The number of hydrogen-bond acceptors (Lipinski definition) is 1. The Labute approximate surface area is 215 Å². The molecule has 1 nitrogen and oxygen atoms in total. The van der Waals surface area contributed by atoms with Gasteiger partial charge in [-0.2, -0.15) is 0 Å². The van der Waals surface area contributed by atoms with Crippen LogP contribution in [0.5, 0.6) is 5.75 Å². The predicted octanol–water partition coefficient (Wildman–Crippen LogP) is 7.89. The average molecular weight is 532 g/mol. The third-order valence-corrected chi connectivity index (χ3v) is 15.5. The molecule has 0 aromatic heterocycles. The van der Waals surface area contributed by atoms with Crippen LogP contribution in [0.1, 0.15) is 39.2 Å². The van der Waals surface area contributed by atoms with Crippen molar-refractivity contribution in [3.05, 3.63) is 146 Å². The van der Waals surface area contributed by atoms with Gasteiger partial charge in [-0.25, -0.2) is 0 Å². The molecule has 2 heteroatoms. The van der Waals surface area contributed by atoms with Gasteiger partial charge in [-0.3, -0.25) is 0 Å². The van der Waals surface area contributed by atoms with Crippen molar-refractivity contribution in [1.29, 1.82) is 0 Å². The van der Waals surface area contributed by atoms with Crippen molar-refractivity contribution in [1.82, 2.24) is 0 Å². The van der Waals surface area contributed by atoms with E-state index in [2.05, 4.69) is 122 Å². The van der Waals surface area contributed by atoms with E-state index in [1.54, 1.807) is 13.6 Å². The zero-order valence-electron chi connectivity index (χ0n) is 20.2. The molecule has 2 aliphatic carbocycles. The minimum atomic E-state index is -2.60. The second kappa shape index (κ2) is 9.52. The van der Waals surface area contributed by atoms with Gasteiger partial charge < -0.3 is 0 Å². The molecular formula is C33H28OZr. The van der Waals surface area contributed by atoms with Gasteiger partial charge in [0, 0.05) is 0 Å². The third kappa shape index (κ3) is 3.95. The molecule has 0 heterocycles. The topological polar surface area (TPSA) is 9.23 Å². The standard InChI is InChI=1S/C14H11O.C13H10.C6H7.Zr/c1-15-13-8-4-6-11-9-10-5-2-3-7-12(10)14(11)13;1-3-7-12(8-4-1)11-13-9-5-2-6-10-13;1-6-4-2-3-5-6;/h2-9H,1H3;1-10H;4-5H,2H2,1H3;. The Morgan fingerprint density at radius 3 is 2.00 bits per heavy atom. The number of benzene rings is 4. The van der Waals surface area contributed by atoms with E-state index in [9.17, 15) is 0 Å². The first kappa shape index (κ1) is 22.4. The zero-order chi connectivity index (χ0) is 23.8. The summed E-state index contributed by atoms with van der Waals surface area (Å²) in [7, 11) is 1.80. The zero-order valence-corrected chi connectivity index (χ0v) is 22.6. The number of hydrogen-bond donors (Lipinski definition) is 0. The summed E-state index contributed by atoms with van der Waals surface area (Å²) in [6.07, 6.45) is 5.99. The monoisotopic (exact) mass is 530 g/mol. The van der Waals surface area contributed by atoms with Crippen LogP contribution in [-0.2, 0) is 21.3 Å². The molecule has 4 aromatic carbocycles. The summed E-state index contributed by atoms with van der Waals surface area (Å²) >= 11 is -2.60. The Hall–Kier alpha value is -3.09. The molecule has 35 heavy (non-hydrogen) atoms. The Balaban J connectivity index is 1.73. The quantitative estimate of drug-likeness (QED) is 0.254. The Bertz CT molecular complexity index is 1450. The van der Waals surface area contributed by atoms with E-state index >= 15 is 0 Å². The molecule has 170 valence electrons. The van der Waals surface area contributed by atoms with Crippen molar-refractivity contribution in [2.75, 3.05) is 7.11 Å². The molecule has 0 fully saturated rings. The van der Waals surface area contributed by atoms with Crippen molar-refractivity contribution in [3.63, 3.8) is 0 Å². The molecule has 1 atom stereocenters. The number of fused-ring (bicyclic) bond motifs is 3. The number of rotatable bonds is 5. The van der Waals surface area contributed by atoms with Crippen molar-refractivity contribution in [2.24, 2.45) is 0 Å². The second-order valence-electron chi connectivity index (χ2n) is 9.29.